The van der Waals surface area contributed by atoms with Crippen LogP contribution in [0.3, 0.4) is 0 Å². The molecule has 1 fully saturated rings. The molecule has 1 N–H and O–H groups in total. The summed E-state index contributed by atoms with van der Waals surface area (Å²) in [6, 6.07) is 10.1. The Hall–Kier alpha value is -4.49. The number of benzene rings is 1. The number of imide groups is 1. The lowest BCUT2D eigenvalue weighted by atomic mass is 10.1. The van der Waals surface area contributed by atoms with Gasteiger partial charge in [0.25, 0.3) is 0 Å². The van der Waals surface area contributed by atoms with Gasteiger partial charge in [-0.05, 0) is 32.0 Å². The van der Waals surface area contributed by atoms with Crippen molar-refractivity contribution in [1.82, 2.24) is 4.90 Å². The van der Waals surface area contributed by atoms with Gasteiger partial charge in [0.15, 0.2) is 11.3 Å². The zero-order valence-corrected chi connectivity index (χ0v) is 18.8. The fourth-order valence-electron chi connectivity index (χ4n) is 3.43. The number of anilines is 2. The highest BCUT2D eigenvalue weighted by Gasteiger charge is 2.41. The zero-order valence-electron chi connectivity index (χ0n) is 18.8. The lowest BCUT2D eigenvalue weighted by molar-refractivity contribution is -0.136. The molecule has 1 heterocycles. The van der Waals surface area contributed by atoms with Crippen LogP contribution in [0, 0.1) is 39.9 Å². The SMILES string of the molecule is CCN(CC)c1ccc(/N=C(\C#N)C(=C(C#N)C#N)N2C(=O)CC(C)C2=O)c(NC(C)=O)c1. The number of hydrogen-bond donors (Lipinski definition) is 1. The summed E-state index contributed by atoms with van der Waals surface area (Å²) in [5.74, 6) is -2.28. The summed E-state index contributed by atoms with van der Waals surface area (Å²) in [4.78, 5) is 43.8. The Bertz CT molecular complexity index is 1160. The first-order valence-corrected chi connectivity index (χ1v) is 10.3. The molecule has 0 radical (unpaired) electrons. The topological polar surface area (TPSA) is 153 Å². The van der Waals surface area contributed by atoms with Crippen LogP contribution in [-0.4, -0.2) is 41.4 Å². The molecule has 1 aliphatic rings. The van der Waals surface area contributed by atoms with Crippen LogP contribution < -0.4 is 10.2 Å². The predicted molar refractivity (Wildman–Crippen MR) is 121 cm³/mol. The van der Waals surface area contributed by atoms with Gasteiger partial charge in [0, 0.05) is 38.0 Å². The van der Waals surface area contributed by atoms with E-state index in [0.717, 1.165) is 18.8 Å². The molecule has 0 aromatic heterocycles. The molecule has 1 aromatic carbocycles. The molecule has 1 aliphatic heterocycles. The number of carbonyl (C=O) groups excluding carboxylic acids is 3. The molecule has 3 amide bonds. The molecule has 33 heavy (non-hydrogen) atoms. The van der Waals surface area contributed by atoms with Gasteiger partial charge >= 0.3 is 0 Å². The molecule has 10 heteroatoms. The molecule has 168 valence electrons. The molecule has 1 atom stereocenters. The zero-order chi connectivity index (χ0) is 24.7. The third kappa shape index (κ3) is 5.23. The largest absolute Gasteiger partial charge is 0.372 e. The van der Waals surface area contributed by atoms with Gasteiger partial charge in [0.2, 0.25) is 17.7 Å². The van der Waals surface area contributed by atoms with E-state index in [0.29, 0.717) is 10.6 Å². The molecule has 10 nitrogen and oxygen atoms in total. The fraction of sp³-hybridized carbons (Fsp3) is 0.348. The number of likely N-dealkylation sites (tertiary alicyclic amines) is 1. The van der Waals surface area contributed by atoms with E-state index in [2.05, 4.69) is 10.3 Å². The first kappa shape index (κ1) is 24.8. The number of nitrogens with zero attached hydrogens (tertiary/aromatic N) is 6. The van der Waals surface area contributed by atoms with E-state index in [1.807, 2.05) is 18.7 Å². The molecular formula is C23H23N7O3. The van der Waals surface area contributed by atoms with Crippen LogP contribution in [0.5, 0.6) is 0 Å². The first-order chi connectivity index (χ1) is 15.7. The number of nitriles is 3. The van der Waals surface area contributed by atoms with Crippen molar-refractivity contribution >= 4 is 40.5 Å². The number of hydrogen-bond acceptors (Lipinski definition) is 8. The molecular weight excluding hydrogens is 422 g/mol. The second kappa shape index (κ2) is 10.7. The van der Waals surface area contributed by atoms with Gasteiger partial charge in [0.05, 0.1) is 11.4 Å². The van der Waals surface area contributed by atoms with E-state index in [4.69, 9.17) is 0 Å². The highest BCUT2D eigenvalue weighted by molar-refractivity contribution is 6.20. The lowest BCUT2D eigenvalue weighted by Gasteiger charge is -2.22. The summed E-state index contributed by atoms with van der Waals surface area (Å²) in [6.07, 6.45) is -0.110. The standard InChI is InChI=1S/C23H23N7O3/c1-5-29(6-2)17-7-8-18(19(10-17)27-15(4)31)28-20(13-26)22(16(11-24)12-25)30-21(32)9-14(3)23(30)33/h7-8,10,14H,5-6,9H2,1-4H3,(H,27,31)/b28-20+. The van der Waals surface area contributed by atoms with Crippen molar-refractivity contribution in [2.45, 2.75) is 34.1 Å². The van der Waals surface area contributed by atoms with Gasteiger partial charge in [-0.25, -0.2) is 9.89 Å². The number of allylic oxidation sites excluding steroid dienone is 2. The van der Waals surface area contributed by atoms with E-state index in [1.54, 1.807) is 43.3 Å². The van der Waals surface area contributed by atoms with Crippen molar-refractivity contribution in [3.8, 4) is 18.2 Å². The number of amides is 3. The Kier molecular flexibility index (Phi) is 8.03. The van der Waals surface area contributed by atoms with Gasteiger partial charge < -0.3 is 10.2 Å². The average Bonchev–Trinajstić information content (AvgIpc) is 3.03. The summed E-state index contributed by atoms with van der Waals surface area (Å²) in [5.41, 5.74) is -0.244. The normalized spacial score (nSPS) is 15.4. The van der Waals surface area contributed by atoms with E-state index in [9.17, 15) is 30.2 Å². The van der Waals surface area contributed by atoms with Crippen LogP contribution >= 0.6 is 0 Å². The average molecular weight is 445 g/mol. The first-order valence-electron chi connectivity index (χ1n) is 10.3. The summed E-state index contributed by atoms with van der Waals surface area (Å²) in [6.45, 7) is 8.27. The lowest BCUT2D eigenvalue weighted by Crippen LogP contribution is -2.34. The van der Waals surface area contributed by atoms with Crippen molar-refractivity contribution < 1.29 is 14.4 Å². The quantitative estimate of drug-likeness (QED) is 0.384. The van der Waals surface area contributed by atoms with Gasteiger partial charge in [0.1, 0.15) is 23.9 Å². The van der Waals surface area contributed by atoms with E-state index in [1.165, 1.54) is 6.92 Å². The van der Waals surface area contributed by atoms with Gasteiger partial charge in [-0.1, -0.05) is 6.92 Å². The molecule has 0 saturated carbocycles. The number of aliphatic imine (C=N–C) groups is 1. The molecule has 0 aliphatic carbocycles. The minimum atomic E-state index is -0.658. The molecule has 1 saturated heterocycles. The molecule has 0 spiro atoms. The smallest absolute Gasteiger partial charge is 0.237 e. The maximum atomic E-state index is 12.6. The van der Waals surface area contributed by atoms with Crippen LogP contribution in [0.25, 0.3) is 0 Å². The second-order valence-corrected chi connectivity index (χ2v) is 7.25. The van der Waals surface area contributed by atoms with Crippen molar-refractivity contribution in [3.63, 3.8) is 0 Å². The highest BCUT2D eigenvalue weighted by Crippen LogP contribution is 2.32. The number of rotatable bonds is 7. The molecule has 0 bridgehead atoms. The van der Waals surface area contributed by atoms with Gasteiger partial charge in [-0.3, -0.25) is 14.4 Å². The maximum Gasteiger partial charge on any atom is 0.237 e. The summed E-state index contributed by atoms with van der Waals surface area (Å²) in [5, 5.41) is 31.3. The van der Waals surface area contributed by atoms with Crippen molar-refractivity contribution in [1.29, 1.82) is 15.8 Å². The Morgan fingerprint density at radius 3 is 2.27 bits per heavy atom. The van der Waals surface area contributed by atoms with Crippen LogP contribution in [0.15, 0.2) is 34.5 Å². The molecule has 1 aromatic rings. The fourth-order valence-corrected chi connectivity index (χ4v) is 3.43. The van der Waals surface area contributed by atoms with E-state index >= 15 is 0 Å². The Balaban J connectivity index is 2.74. The predicted octanol–water partition coefficient (Wildman–Crippen LogP) is 2.78. The molecule has 1 unspecified atom stereocenters. The maximum absolute atomic E-state index is 12.6. The van der Waals surface area contributed by atoms with E-state index < -0.39 is 34.7 Å². The van der Waals surface area contributed by atoms with Crippen molar-refractivity contribution in [3.05, 3.63) is 29.5 Å². The van der Waals surface area contributed by atoms with Crippen LogP contribution in [-0.2, 0) is 14.4 Å². The monoisotopic (exact) mass is 445 g/mol. The second-order valence-electron chi connectivity index (χ2n) is 7.25. The van der Waals surface area contributed by atoms with Gasteiger partial charge in [-0.2, -0.15) is 15.8 Å². The summed E-state index contributed by atoms with van der Waals surface area (Å²) in [7, 11) is 0. The van der Waals surface area contributed by atoms with Crippen molar-refractivity contribution in [2.24, 2.45) is 10.9 Å². The third-order valence-electron chi connectivity index (χ3n) is 5.04. The highest BCUT2D eigenvalue weighted by atomic mass is 16.2. The van der Waals surface area contributed by atoms with Crippen LogP contribution in [0.4, 0.5) is 17.1 Å². The van der Waals surface area contributed by atoms with Crippen molar-refractivity contribution in [2.75, 3.05) is 23.3 Å². The van der Waals surface area contributed by atoms with Crippen LogP contribution in [0.2, 0.25) is 0 Å². The van der Waals surface area contributed by atoms with Gasteiger partial charge in [-0.15, -0.1) is 0 Å². The third-order valence-corrected chi connectivity index (χ3v) is 5.04. The minimum absolute atomic E-state index is 0.110. The van der Waals surface area contributed by atoms with E-state index in [-0.39, 0.29) is 18.0 Å². The minimum Gasteiger partial charge on any atom is -0.372 e. The summed E-state index contributed by atoms with van der Waals surface area (Å²) >= 11 is 0. The Morgan fingerprint density at radius 1 is 1.18 bits per heavy atom. The van der Waals surface area contributed by atoms with Crippen LogP contribution in [0.1, 0.15) is 34.1 Å². The Morgan fingerprint density at radius 2 is 1.82 bits per heavy atom. The Labute approximate surface area is 192 Å². The number of carbonyl (C=O) groups is 3. The number of nitrogens with one attached hydrogen (secondary N) is 1. The molecule has 2 rings (SSSR count). The summed E-state index contributed by atoms with van der Waals surface area (Å²) < 4.78 is 0.